The Morgan fingerprint density at radius 3 is 2.06 bits per heavy atom. The van der Waals surface area contributed by atoms with Crippen molar-refractivity contribution < 1.29 is 22.7 Å². The van der Waals surface area contributed by atoms with Crippen molar-refractivity contribution >= 4 is 11.4 Å². The van der Waals surface area contributed by atoms with Gasteiger partial charge in [0, 0.05) is 61.8 Å². The molecule has 5 aromatic rings. The van der Waals surface area contributed by atoms with Gasteiger partial charge < -0.3 is 19.8 Å². The van der Waals surface area contributed by atoms with E-state index in [-0.39, 0.29) is 0 Å². The lowest BCUT2D eigenvalue weighted by Gasteiger charge is -2.37. The molecule has 1 fully saturated rings. The summed E-state index contributed by atoms with van der Waals surface area (Å²) in [5, 5.41) is 21.7. The molecular weight excluding hydrogens is 614 g/mol. The summed E-state index contributed by atoms with van der Waals surface area (Å²) in [5.74, 6) is -6.45. The lowest BCUT2D eigenvalue weighted by Crippen LogP contribution is -2.48. The number of hydrogen-bond donors (Lipinski definition) is 1. The molecular formula is C33H33F4N9O. The number of halogens is 4. The van der Waals surface area contributed by atoms with Crippen molar-refractivity contribution in [1.82, 2.24) is 35.1 Å². The molecule has 0 spiro atoms. The topological polar surface area (TPSA) is 99.3 Å². The summed E-state index contributed by atoms with van der Waals surface area (Å²) >= 11 is 0. The Hall–Kier alpha value is -4.95. The molecule has 0 unspecified atom stereocenters. The lowest BCUT2D eigenvalue weighted by atomic mass is 9.84. The van der Waals surface area contributed by atoms with Crippen LogP contribution < -0.4 is 9.80 Å². The highest BCUT2D eigenvalue weighted by molar-refractivity contribution is 5.66. The number of benzene rings is 2. The van der Waals surface area contributed by atoms with Crippen LogP contribution in [0.25, 0.3) is 11.1 Å². The summed E-state index contributed by atoms with van der Waals surface area (Å²) in [4.78, 5) is 15.2. The molecule has 10 nitrogen and oxygen atoms in total. The third kappa shape index (κ3) is 6.65. The van der Waals surface area contributed by atoms with E-state index in [1.165, 1.54) is 12.3 Å². The molecule has 0 amide bonds. The van der Waals surface area contributed by atoms with Crippen molar-refractivity contribution in [2.24, 2.45) is 0 Å². The summed E-state index contributed by atoms with van der Waals surface area (Å²) < 4.78 is 61.4. The highest BCUT2D eigenvalue weighted by atomic mass is 19.3. The Morgan fingerprint density at radius 2 is 1.49 bits per heavy atom. The predicted octanol–water partition coefficient (Wildman–Crippen LogP) is 4.48. The smallest absolute Gasteiger partial charge is 0.323 e. The SMILES string of the molecule is CN(C)Cc1ccc(N2CCN(c3ccc(-c4ccc(C(F)(F)[C@](O)(Cn5cnnn5)c5ccc(F)cc5F)nc4)cc3)CC2)cn1. The fourth-order valence-electron chi connectivity index (χ4n) is 5.74. The molecule has 1 atom stereocenters. The van der Waals surface area contributed by atoms with Gasteiger partial charge in [0.05, 0.1) is 24.1 Å². The van der Waals surface area contributed by atoms with E-state index in [0.717, 1.165) is 84.6 Å². The van der Waals surface area contributed by atoms with Crippen LogP contribution in [-0.2, 0) is 24.6 Å². The molecule has 0 radical (unpaired) electrons. The van der Waals surface area contributed by atoms with Gasteiger partial charge in [-0.2, -0.15) is 8.78 Å². The highest BCUT2D eigenvalue weighted by Crippen LogP contribution is 2.47. The van der Waals surface area contributed by atoms with Gasteiger partial charge in [-0.05, 0) is 72.6 Å². The van der Waals surface area contributed by atoms with E-state index < -0.39 is 41.0 Å². The van der Waals surface area contributed by atoms with E-state index in [1.807, 2.05) is 44.6 Å². The number of piperazine rings is 1. The van der Waals surface area contributed by atoms with Gasteiger partial charge in [0.15, 0.2) is 5.60 Å². The minimum absolute atomic E-state index is 0.429. The van der Waals surface area contributed by atoms with Crippen LogP contribution in [-0.4, -0.2) is 80.5 Å². The third-order valence-electron chi connectivity index (χ3n) is 8.26. The van der Waals surface area contributed by atoms with Crippen molar-refractivity contribution in [3.05, 3.63) is 114 Å². The molecule has 244 valence electrons. The highest BCUT2D eigenvalue weighted by Gasteiger charge is 2.58. The van der Waals surface area contributed by atoms with Gasteiger partial charge in [0.1, 0.15) is 23.7 Å². The van der Waals surface area contributed by atoms with Gasteiger partial charge in [0.2, 0.25) is 0 Å². The fraction of sp³-hybridized carbons (Fsp3) is 0.303. The molecule has 14 heteroatoms. The standard InChI is InChI=1S/C33H33F4N9O/c1-43(2)20-26-7-10-28(19-38-26)45-15-13-44(14-16-45)27-8-3-23(4-9-27)24-5-12-31(39-18-24)33(36,37)32(47,21-46-22-40-41-42-46)29-11-6-25(34)17-30(29)35/h3-12,17-19,22,47H,13-16,20-21H2,1-2H3/t32-/m0/s1. The average molecular weight is 648 g/mol. The fourth-order valence-corrected chi connectivity index (χ4v) is 5.74. The van der Waals surface area contributed by atoms with Crippen LogP contribution in [0.3, 0.4) is 0 Å². The molecule has 0 aliphatic carbocycles. The van der Waals surface area contributed by atoms with E-state index in [1.54, 1.807) is 0 Å². The molecule has 47 heavy (non-hydrogen) atoms. The Labute approximate surface area is 268 Å². The van der Waals surface area contributed by atoms with E-state index in [4.69, 9.17) is 0 Å². The van der Waals surface area contributed by atoms with Crippen molar-refractivity contribution in [2.75, 3.05) is 50.1 Å². The minimum atomic E-state index is -4.13. The number of anilines is 2. The molecule has 1 N–H and O–H groups in total. The summed E-state index contributed by atoms with van der Waals surface area (Å²) in [5.41, 5.74) is -0.339. The van der Waals surface area contributed by atoms with Crippen LogP contribution in [0, 0.1) is 11.6 Å². The van der Waals surface area contributed by atoms with Crippen LogP contribution in [0.2, 0.25) is 0 Å². The minimum Gasteiger partial charge on any atom is -0.377 e. The summed E-state index contributed by atoms with van der Waals surface area (Å²) in [6.07, 6.45) is 4.20. The van der Waals surface area contributed by atoms with E-state index >= 15 is 8.78 Å². The van der Waals surface area contributed by atoms with Crippen LogP contribution in [0.1, 0.15) is 17.0 Å². The molecule has 2 aromatic carbocycles. The lowest BCUT2D eigenvalue weighted by molar-refractivity contribution is -0.207. The first-order valence-electron chi connectivity index (χ1n) is 15.0. The molecule has 1 saturated heterocycles. The molecule has 1 aliphatic heterocycles. The molecule has 0 bridgehead atoms. The Morgan fingerprint density at radius 1 is 0.809 bits per heavy atom. The van der Waals surface area contributed by atoms with Crippen molar-refractivity contribution in [2.45, 2.75) is 24.6 Å². The van der Waals surface area contributed by atoms with E-state index in [9.17, 15) is 13.9 Å². The average Bonchev–Trinajstić information content (AvgIpc) is 3.58. The maximum atomic E-state index is 16.1. The molecule has 6 rings (SSSR count). The first-order valence-corrected chi connectivity index (χ1v) is 15.0. The largest absolute Gasteiger partial charge is 0.377 e. The zero-order chi connectivity index (χ0) is 33.2. The Balaban J connectivity index is 1.15. The summed E-state index contributed by atoms with van der Waals surface area (Å²) in [6, 6.07) is 16.5. The van der Waals surface area contributed by atoms with Crippen molar-refractivity contribution in [1.29, 1.82) is 0 Å². The zero-order valence-electron chi connectivity index (χ0n) is 25.8. The second-order valence-corrected chi connectivity index (χ2v) is 11.8. The number of alkyl halides is 2. The third-order valence-corrected chi connectivity index (χ3v) is 8.26. The quantitative estimate of drug-likeness (QED) is 0.220. The predicted molar refractivity (Wildman–Crippen MR) is 168 cm³/mol. The maximum absolute atomic E-state index is 16.1. The number of rotatable bonds is 10. The normalized spacial score (nSPS) is 15.2. The number of tetrazole rings is 1. The molecule has 1 aliphatic rings. The van der Waals surface area contributed by atoms with Crippen LogP contribution >= 0.6 is 0 Å². The number of aliphatic hydroxyl groups is 1. The van der Waals surface area contributed by atoms with Gasteiger partial charge in [-0.15, -0.1) is 5.10 Å². The van der Waals surface area contributed by atoms with Gasteiger partial charge in [-0.3, -0.25) is 9.97 Å². The second-order valence-electron chi connectivity index (χ2n) is 11.8. The van der Waals surface area contributed by atoms with E-state index in [0.29, 0.717) is 11.6 Å². The number of hydrogen-bond acceptors (Lipinski definition) is 9. The molecule has 0 saturated carbocycles. The molecule has 3 aromatic heterocycles. The maximum Gasteiger partial charge on any atom is 0.323 e. The Kier molecular flexibility index (Phi) is 8.88. The van der Waals surface area contributed by atoms with E-state index in [2.05, 4.69) is 52.3 Å². The summed E-state index contributed by atoms with van der Waals surface area (Å²) in [6.45, 7) is 3.21. The second kappa shape index (κ2) is 13.0. The van der Waals surface area contributed by atoms with Gasteiger partial charge >= 0.3 is 5.92 Å². The molecule has 4 heterocycles. The first kappa shape index (κ1) is 32.0. The van der Waals surface area contributed by atoms with Crippen LogP contribution in [0.15, 0.2) is 85.5 Å². The van der Waals surface area contributed by atoms with Crippen molar-refractivity contribution in [3.8, 4) is 11.1 Å². The Bertz CT molecular complexity index is 1780. The monoisotopic (exact) mass is 647 g/mol. The first-order chi connectivity index (χ1) is 22.5. The van der Waals surface area contributed by atoms with Crippen LogP contribution in [0.5, 0.6) is 0 Å². The van der Waals surface area contributed by atoms with Crippen LogP contribution in [0.4, 0.5) is 28.9 Å². The van der Waals surface area contributed by atoms with Crippen molar-refractivity contribution in [3.63, 3.8) is 0 Å². The zero-order valence-corrected chi connectivity index (χ0v) is 25.8. The number of aromatic nitrogens is 6. The van der Waals surface area contributed by atoms with Gasteiger partial charge in [0.25, 0.3) is 0 Å². The number of nitrogens with zero attached hydrogens (tertiary/aromatic N) is 9. The number of pyridine rings is 2. The summed E-state index contributed by atoms with van der Waals surface area (Å²) in [7, 11) is 4.03. The van der Waals surface area contributed by atoms with Gasteiger partial charge in [-0.1, -0.05) is 18.2 Å². The van der Waals surface area contributed by atoms with Gasteiger partial charge in [-0.25, -0.2) is 13.5 Å².